The summed E-state index contributed by atoms with van der Waals surface area (Å²) in [5.41, 5.74) is 4.69. The molecule has 0 amide bonds. The van der Waals surface area contributed by atoms with Crippen molar-refractivity contribution >= 4 is 0 Å². The standard InChI is InChI=1S/C30H47NO/c1-23-13-12-16-24(19-23)14-9-10-17-27-28-21-25(20-26(28)22-29(27)32)15-8-6-7-11-18-31(5)30(2,3)4/h10,12-13,16-17,19-20,26-29,32H,6-9,11,14-15,18,21-22H2,1-5H3/b17-10+/t26-,27+,28-,29+/m0/s1. The van der Waals surface area contributed by atoms with Crippen LogP contribution in [0.4, 0.5) is 0 Å². The first-order valence-electron chi connectivity index (χ1n) is 13.0. The second-order valence-corrected chi connectivity index (χ2v) is 11.4. The third-order valence-corrected chi connectivity index (χ3v) is 7.88. The lowest BCUT2D eigenvalue weighted by molar-refractivity contribution is 0.141. The van der Waals surface area contributed by atoms with Crippen LogP contribution in [0.15, 0.2) is 48.1 Å². The Hall–Kier alpha value is -1.38. The molecule has 0 radical (unpaired) electrons. The molecule has 0 heterocycles. The molecular weight excluding hydrogens is 390 g/mol. The summed E-state index contributed by atoms with van der Waals surface area (Å²) >= 11 is 0. The number of aliphatic hydroxyl groups excluding tert-OH is 1. The van der Waals surface area contributed by atoms with Crippen molar-refractivity contribution in [2.75, 3.05) is 13.6 Å². The number of benzene rings is 1. The molecule has 0 bridgehead atoms. The molecule has 0 unspecified atom stereocenters. The average Bonchev–Trinajstić information content (AvgIpc) is 3.24. The molecule has 2 heteroatoms. The second-order valence-electron chi connectivity index (χ2n) is 11.4. The molecule has 3 rings (SSSR count). The number of unbranched alkanes of at least 4 members (excludes halogenated alkanes) is 3. The van der Waals surface area contributed by atoms with Crippen LogP contribution in [-0.2, 0) is 6.42 Å². The fraction of sp³-hybridized carbons (Fsp3) is 0.667. The minimum atomic E-state index is -0.155. The summed E-state index contributed by atoms with van der Waals surface area (Å²) in [6.45, 7) is 10.2. The minimum absolute atomic E-state index is 0.155. The zero-order chi connectivity index (χ0) is 23.1. The number of aryl methyl sites for hydroxylation is 2. The van der Waals surface area contributed by atoms with Crippen molar-refractivity contribution in [2.24, 2.45) is 17.8 Å². The molecule has 178 valence electrons. The topological polar surface area (TPSA) is 23.5 Å². The summed E-state index contributed by atoms with van der Waals surface area (Å²) in [7, 11) is 2.24. The predicted octanol–water partition coefficient (Wildman–Crippen LogP) is 7.11. The Bertz CT molecular complexity index is 771. The van der Waals surface area contributed by atoms with Crippen LogP contribution in [0.25, 0.3) is 0 Å². The van der Waals surface area contributed by atoms with E-state index in [1.165, 1.54) is 56.2 Å². The Kier molecular flexibility index (Phi) is 9.20. The van der Waals surface area contributed by atoms with Crippen LogP contribution >= 0.6 is 0 Å². The van der Waals surface area contributed by atoms with Crippen molar-refractivity contribution in [1.29, 1.82) is 0 Å². The zero-order valence-corrected chi connectivity index (χ0v) is 21.3. The second kappa shape index (κ2) is 11.7. The lowest BCUT2D eigenvalue weighted by Crippen LogP contribution is -2.38. The first-order valence-corrected chi connectivity index (χ1v) is 13.0. The van der Waals surface area contributed by atoms with E-state index in [4.69, 9.17) is 0 Å². The van der Waals surface area contributed by atoms with E-state index < -0.39 is 0 Å². The van der Waals surface area contributed by atoms with Crippen LogP contribution in [0.3, 0.4) is 0 Å². The van der Waals surface area contributed by atoms with Gasteiger partial charge in [0.2, 0.25) is 0 Å². The lowest BCUT2D eigenvalue weighted by Gasteiger charge is -2.31. The number of rotatable bonds is 11. The highest BCUT2D eigenvalue weighted by molar-refractivity contribution is 5.23. The molecule has 1 aromatic rings. The normalized spacial score (nSPS) is 25.7. The zero-order valence-electron chi connectivity index (χ0n) is 21.3. The number of hydrogen-bond donors (Lipinski definition) is 1. The highest BCUT2D eigenvalue weighted by Gasteiger charge is 2.43. The molecule has 4 atom stereocenters. The van der Waals surface area contributed by atoms with Crippen molar-refractivity contribution in [3.8, 4) is 0 Å². The molecule has 0 spiro atoms. The van der Waals surface area contributed by atoms with E-state index in [1.807, 2.05) is 0 Å². The smallest absolute Gasteiger partial charge is 0.0611 e. The number of aliphatic hydroxyl groups is 1. The highest BCUT2D eigenvalue weighted by Crippen LogP contribution is 2.48. The Morgan fingerprint density at radius 2 is 1.88 bits per heavy atom. The molecule has 32 heavy (non-hydrogen) atoms. The number of nitrogens with zero attached hydrogens (tertiary/aromatic N) is 1. The van der Waals surface area contributed by atoms with Crippen LogP contribution in [0.2, 0.25) is 0 Å². The van der Waals surface area contributed by atoms with Crippen molar-refractivity contribution in [2.45, 2.75) is 97.1 Å². The average molecular weight is 438 g/mol. The molecule has 2 aliphatic carbocycles. The van der Waals surface area contributed by atoms with Gasteiger partial charge in [0.15, 0.2) is 0 Å². The maximum Gasteiger partial charge on any atom is 0.0611 e. The summed E-state index contributed by atoms with van der Waals surface area (Å²) in [5.74, 6) is 1.58. The first-order chi connectivity index (χ1) is 15.2. The summed E-state index contributed by atoms with van der Waals surface area (Å²) in [6.07, 6.45) is 17.9. The van der Waals surface area contributed by atoms with Crippen LogP contribution in [0.1, 0.15) is 83.3 Å². The fourth-order valence-corrected chi connectivity index (χ4v) is 5.55. The molecule has 0 saturated heterocycles. The van der Waals surface area contributed by atoms with Crippen LogP contribution < -0.4 is 0 Å². The van der Waals surface area contributed by atoms with E-state index in [0.717, 1.165) is 19.3 Å². The molecule has 1 N–H and O–H groups in total. The molecule has 1 saturated carbocycles. The fourth-order valence-electron chi connectivity index (χ4n) is 5.55. The molecule has 0 aliphatic heterocycles. The van der Waals surface area contributed by atoms with Gasteiger partial charge in [-0.3, -0.25) is 0 Å². The summed E-state index contributed by atoms with van der Waals surface area (Å²) < 4.78 is 0. The summed E-state index contributed by atoms with van der Waals surface area (Å²) in [6, 6.07) is 8.81. The van der Waals surface area contributed by atoms with E-state index >= 15 is 0 Å². The van der Waals surface area contributed by atoms with Gasteiger partial charge in [0.05, 0.1) is 6.10 Å². The van der Waals surface area contributed by atoms with Gasteiger partial charge in [0, 0.05) is 11.5 Å². The Balaban J connectivity index is 1.35. The predicted molar refractivity (Wildman–Crippen MR) is 138 cm³/mol. The number of fused-ring (bicyclic) bond motifs is 1. The SMILES string of the molecule is Cc1cccc(CC/C=C/[C@@H]2[C@H]3CC(CCCCCCN(C)C(C)(C)C)=C[C@H]3C[C@H]2O)c1. The molecule has 1 aromatic carbocycles. The third kappa shape index (κ3) is 7.32. The van der Waals surface area contributed by atoms with Gasteiger partial charge < -0.3 is 10.0 Å². The third-order valence-electron chi connectivity index (χ3n) is 7.88. The first kappa shape index (κ1) is 25.2. The van der Waals surface area contributed by atoms with Crippen LogP contribution in [0.5, 0.6) is 0 Å². The Morgan fingerprint density at radius 3 is 2.62 bits per heavy atom. The maximum absolute atomic E-state index is 10.6. The molecular formula is C30H47NO. The highest BCUT2D eigenvalue weighted by atomic mass is 16.3. The summed E-state index contributed by atoms with van der Waals surface area (Å²) in [4.78, 5) is 2.47. The molecule has 2 aliphatic rings. The van der Waals surface area contributed by atoms with Crippen LogP contribution in [0, 0.1) is 24.7 Å². The van der Waals surface area contributed by atoms with Crippen LogP contribution in [-0.4, -0.2) is 35.2 Å². The van der Waals surface area contributed by atoms with Crippen molar-refractivity contribution in [3.63, 3.8) is 0 Å². The van der Waals surface area contributed by atoms with Crippen molar-refractivity contribution in [1.82, 2.24) is 4.90 Å². The van der Waals surface area contributed by atoms with Gasteiger partial charge >= 0.3 is 0 Å². The monoisotopic (exact) mass is 437 g/mol. The number of hydrogen-bond acceptors (Lipinski definition) is 2. The van der Waals surface area contributed by atoms with Gasteiger partial charge in [-0.25, -0.2) is 0 Å². The Labute approximate surface area is 197 Å². The summed E-state index contributed by atoms with van der Waals surface area (Å²) in [5, 5.41) is 10.6. The van der Waals surface area contributed by atoms with Crippen molar-refractivity contribution < 1.29 is 5.11 Å². The lowest BCUT2D eigenvalue weighted by atomic mass is 9.88. The minimum Gasteiger partial charge on any atom is -0.392 e. The maximum atomic E-state index is 10.6. The van der Waals surface area contributed by atoms with Gasteiger partial charge in [0.25, 0.3) is 0 Å². The van der Waals surface area contributed by atoms with E-state index in [0.29, 0.717) is 17.8 Å². The number of allylic oxidation sites excluding steroid dienone is 3. The van der Waals surface area contributed by atoms with Gasteiger partial charge in [-0.1, -0.05) is 66.5 Å². The van der Waals surface area contributed by atoms with Crippen molar-refractivity contribution in [3.05, 3.63) is 59.2 Å². The quantitative estimate of drug-likeness (QED) is 0.294. The molecule has 1 fully saturated rings. The van der Waals surface area contributed by atoms with E-state index in [9.17, 15) is 5.11 Å². The largest absolute Gasteiger partial charge is 0.392 e. The molecule has 0 aromatic heterocycles. The van der Waals surface area contributed by atoms with E-state index in [1.54, 1.807) is 5.57 Å². The van der Waals surface area contributed by atoms with Gasteiger partial charge in [-0.05, 0) is 104 Å². The van der Waals surface area contributed by atoms with E-state index in [2.05, 4.69) is 82.1 Å². The Morgan fingerprint density at radius 1 is 1.09 bits per heavy atom. The van der Waals surface area contributed by atoms with E-state index in [-0.39, 0.29) is 11.6 Å². The van der Waals surface area contributed by atoms with Gasteiger partial charge in [0.1, 0.15) is 0 Å². The molecule has 2 nitrogen and oxygen atoms in total. The van der Waals surface area contributed by atoms with Gasteiger partial charge in [-0.15, -0.1) is 0 Å². The van der Waals surface area contributed by atoms with Gasteiger partial charge in [-0.2, -0.15) is 0 Å².